The molecule has 98 valence electrons. The molecule has 0 atom stereocenters. The maximum atomic E-state index is 13.1. The third-order valence-electron chi connectivity index (χ3n) is 2.08. The molecule has 4 N–H and O–H groups in total. The summed E-state index contributed by atoms with van der Waals surface area (Å²) in [7, 11) is 0. The maximum absolute atomic E-state index is 13.1. The number of amides is 2. The first-order chi connectivity index (χ1) is 8.49. The molecule has 0 aromatic heterocycles. The second-order valence-corrected chi connectivity index (χ2v) is 3.54. The lowest BCUT2D eigenvalue weighted by Gasteiger charge is -2.05. The highest BCUT2D eigenvalue weighted by atomic mass is 19.1. The predicted molar refractivity (Wildman–Crippen MR) is 62.3 cm³/mol. The fourth-order valence-corrected chi connectivity index (χ4v) is 1.35. The lowest BCUT2D eigenvalue weighted by atomic mass is 10.2. The van der Waals surface area contributed by atoms with Gasteiger partial charge < -0.3 is 16.4 Å². The average molecular weight is 256 g/mol. The van der Waals surface area contributed by atoms with Gasteiger partial charge in [-0.3, -0.25) is 10.1 Å². The molecule has 0 aliphatic heterocycles. The minimum Gasteiger partial charge on any atom is -0.352 e. The van der Waals surface area contributed by atoms with E-state index in [4.69, 9.17) is 5.73 Å². The maximum Gasteiger partial charge on any atom is 0.312 e. The van der Waals surface area contributed by atoms with E-state index in [-0.39, 0.29) is 12.2 Å². The number of nitrogens with one attached hydrogen (secondary N) is 2. The van der Waals surface area contributed by atoms with Gasteiger partial charge in [0, 0.05) is 25.7 Å². The molecule has 8 heteroatoms. The van der Waals surface area contributed by atoms with Gasteiger partial charge in [-0.1, -0.05) is 0 Å². The Morgan fingerprint density at radius 3 is 2.72 bits per heavy atom. The molecule has 0 spiro atoms. The highest BCUT2D eigenvalue weighted by molar-refractivity contribution is 5.71. The zero-order chi connectivity index (χ0) is 13.5. The van der Waals surface area contributed by atoms with E-state index >= 15 is 0 Å². The van der Waals surface area contributed by atoms with Crippen molar-refractivity contribution in [2.45, 2.75) is 6.54 Å². The van der Waals surface area contributed by atoms with Gasteiger partial charge in [-0.05, 0) is 11.6 Å². The number of hydrogen-bond donors (Lipinski definition) is 3. The lowest BCUT2D eigenvalue weighted by molar-refractivity contribution is -0.385. The van der Waals surface area contributed by atoms with E-state index in [1.807, 2.05) is 0 Å². The van der Waals surface area contributed by atoms with Crippen molar-refractivity contribution in [3.63, 3.8) is 0 Å². The summed E-state index contributed by atoms with van der Waals surface area (Å²) in [4.78, 5) is 20.2. The number of halogens is 1. The van der Waals surface area contributed by atoms with E-state index in [2.05, 4.69) is 10.6 Å². The molecule has 7 nitrogen and oxygen atoms in total. The highest BCUT2D eigenvalue weighted by Crippen LogP contribution is 2.15. The zero-order valence-corrected chi connectivity index (χ0v) is 9.48. The molecule has 0 radical (unpaired) electrons. The van der Waals surface area contributed by atoms with Gasteiger partial charge in [-0.2, -0.15) is 0 Å². The second-order valence-electron chi connectivity index (χ2n) is 3.54. The third-order valence-corrected chi connectivity index (χ3v) is 2.08. The van der Waals surface area contributed by atoms with Crippen molar-refractivity contribution in [2.75, 3.05) is 13.1 Å². The molecule has 0 aliphatic rings. The molecule has 0 heterocycles. The molecular weight excluding hydrogens is 243 g/mol. The van der Waals surface area contributed by atoms with E-state index in [0.717, 1.165) is 6.07 Å². The highest BCUT2D eigenvalue weighted by Gasteiger charge is 2.09. The first-order valence-corrected chi connectivity index (χ1v) is 5.17. The van der Waals surface area contributed by atoms with Crippen LogP contribution in [0, 0.1) is 15.9 Å². The van der Waals surface area contributed by atoms with Crippen LogP contribution in [0.25, 0.3) is 0 Å². The first-order valence-electron chi connectivity index (χ1n) is 5.17. The van der Waals surface area contributed by atoms with Crippen LogP contribution in [0.15, 0.2) is 18.2 Å². The molecule has 1 rings (SSSR count). The van der Waals surface area contributed by atoms with Crippen molar-refractivity contribution in [3.05, 3.63) is 39.7 Å². The van der Waals surface area contributed by atoms with Gasteiger partial charge in [-0.15, -0.1) is 0 Å². The quantitative estimate of drug-likeness (QED) is 0.391. The van der Waals surface area contributed by atoms with Crippen LogP contribution in [0.2, 0.25) is 0 Å². The van der Waals surface area contributed by atoms with Crippen LogP contribution >= 0.6 is 0 Å². The standard InChI is InChI=1S/C10H13FN4O3/c11-8-3-7(4-9(5-8)15(17)18)6-13-1-2-14-10(12)16/h3-5,13H,1-2,6H2,(H3,12,14,16). The summed E-state index contributed by atoms with van der Waals surface area (Å²) in [6, 6.07) is 2.73. The number of urea groups is 1. The van der Waals surface area contributed by atoms with E-state index in [9.17, 15) is 19.3 Å². The number of nitrogens with two attached hydrogens (primary N) is 1. The van der Waals surface area contributed by atoms with Gasteiger partial charge in [0.05, 0.1) is 11.0 Å². The van der Waals surface area contributed by atoms with Crippen molar-refractivity contribution >= 4 is 11.7 Å². The van der Waals surface area contributed by atoms with E-state index in [0.29, 0.717) is 18.7 Å². The van der Waals surface area contributed by atoms with Gasteiger partial charge >= 0.3 is 6.03 Å². The van der Waals surface area contributed by atoms with Crippen LogP contribution < -0.4 is 16.4 Å². The van der Waals surface area contributed by atoms with Gasteiger partial charge in [0.25, 0.3) is 5.69 Å². The second kappa shape index (κ2) is 6.50. The fourth-order valence-electron chi connectivity index (χ4n) is 1.35. The summed E-state index contributed by atoms with van der Waals surface area (Å²) in [6.45, 7) is 1.01. The van der Waals surface area contributed by atoms with Crippen molar-refractivity contribution in [2.24, 2.45) is 5.73 Å². The smallest absolute Gasteiger partial charge is 0.312 e. The number of rotatable bonds is 6. The summed E-state index contributed by atoms with van der Waals surface area (Å²) >= 11 is 0. The molecule has 2 amide bonds. The van der Waals surface area contributed by atoms with Gasteiger partial charge in [0.1, 0.15) is 5.82 Å². The zero-order valence-electron chi connectivity index (χ0n) is 9.48. The summed E-state index contributed by atoms with van der Waals surface area (Å²) in [5.41, 5.74) is 5.03. The fraction of sp³-hybridized carbons (Fsp3) is 0.300. The number of carbonyl (C=O) groups excluding carboxylic acids is 1. The minimum atomic E-state index is -0.656. The normalized spacial score (nSPS) is 10.1. The molecule has 0 saturated carbocycles. The number of nitrogens with zero attached hydrogens (tertiary/aromatic N) is 1. The molecule has 0 fully saturated rings. The Labute approximate surface area is 102 Å². The monoisotopic (exact) mass is 256 g/mol. The third kappa shape index (κ3) is 4.74. The molecular formula is C10H13FN4O3. The lowest BCUT2D eigenvalue weighted by Crippen LogP contribution is -2.35. The Morgan fingerprint density at radius 1 is 1.39 bits per heavy atom. The number of nitro groups is 1. The molecule has 0 saturated heterocycles. The first kappa shape index (κ1) is 13.8. The Bertz CT molecular complexity index is 453. The molecule has 1 aromatic carbocycles. The van der Waals surface area contributed by atoms with E-state index in [1.165, 1.54) is 12.1 Å². The number of nitro benzene ring substituents is 1. The Morgan fingerprint density at radius 2 is 2.11 bits per heavy atom. The topological polar surface area (TPSA) is 110 Å². The molecule has 18 heavy (non-hydrogen) atoms. The van der Waals surface area contributed by atoms with Gasteiger partial charge in [-0.25, -0.2) is 9.18 Å². The molecule has 0 bridgehead atoms. The number of benzene rings is 1. The Balaban J connectivity index is 2.47. The number of hydrogen-bond acceptors (Lipinski definition) is 4. The van der Waals surface area contributed by atoms with Crippen molar-refractivity contribution in [3.8, 4) is 0 Å². The van der Waals surface area contributed by atoms with Gasteiger partial charge in [0.2, 0.25) is 0 Å². The van der Waals surface area contributed by atoms with Crippen LogP contribution in [0.1, 0.15) is 5.56 Å². The van der Waals surface area contributed by atoms with E-state index in [1.54, 1.807) is 0 Å². The SMILES string of the molecule is NC(=O)NCCNCc1cc(F)cc([N+](=O)[O-])c1. The van der Waals surface area contributed by atoms with Crippen LogP contribution in [0.4, 0.5) is 14.9 Å². The van der Waals surface area contributed by atoms with Crippen LogP contribution in [-0.4, -0.2) is 24.0 Å². The molecule has 0 unspecified atom stereocenters. The minimum absolute atomic E-state index is 0.263. The number of non-ortho nitro benzene ring substituents is 1. The predicted octanol–water partition coefficient (Wildman–Crippen LogP) is 0.492. The summed E-state index contributed by atoms with van der Waals surface area (Å²) in [5, 5.41) is 15.8. The number of primary amides is 1. The summed E-state index contributed by atoms with van der Waals surface area (Å²) < 4.78 is 13.1. The van der Waals surface area contributed by atoms with Crippen molar-refractivity contribution < 1.29 is 14.1 Å². The van der Waals surface area contributed by atoms with Crippen molar-refractivity contribution in [1.82, 2.24) is 10.6 Å². The van der Waals surface area contributed by atoms with Crippen LogP contribution in [0.3, 0.4) is 0 Å². The van der Waals surface area contributed by atoms with E-state index < -0.39 is 16.8 Å². The summed E-state index contributed by atoms with van der Waals surface area (Å²) in [6.07, 6.45) is 0. The molecule has 1 aromatic rings. The Kier molecular flexibility index (Phi) is 5.00. The van der Waals surface area contributed by atoms with Crippen molar-refractivity contribution in [1.29, 1.82) is 0 Å². The number of carbonyl (C=O) groups is 1. The average Bonchev–Trinajstić information content (AvgIpc) is 2.27. The summed E-state index contributed by atoms with van der Waals surface area (Å²) in [5.74, 6) is -0.656. The molecule has 0 aliphatic carbocycles. The van der Waals surface area contributed by atoms with Crippen LogP contribution in [0.5, 0.6) is 0 Å². The Hall–Kier alpha value is -2.22. The van der Waals surface area contributed by atoms with Gasteiger partial charge in [0.15, 0.2) is 0 Å². The largest absolute Gasteiger partial charge is 0.352 e. The van der Waals surface area contributed by atoms with Crippen LogP contribution in [-0.2, 0) is 6.54 Å².